The predicted molar refractivity (Wildman–Crippen MR) is 62.4 cm³/mol. The van der Waals surface area contributed by atoms with Crippen molar-refractivity contribution in [3.63, 3.8) is 0 Å². The molecule has 0 aromatic carbocycles. The fourth-order valence-electron chi connectivity index (χ4n) is 1.80. The summed E-state index contributed by atoms with van der Waals surface area (Å²) in [6.45, 7) is 4.30. The number of hydrogen-bond donors (Lipinski definition) is 0. The highest BCUT2D eigenvalue weighted by atomic mass is 35.5. The molecule has 6 heteroatoms. The number of nitrogens with zero attached hydrogens (tertiary/aromatic N) is 3. The van der Waals surface area contributed by atoms with E-state index in [2.05, 4.69) is 14.7 Å². The summed E-state index contributed by atoms with van der Waals surface area (Å²) in [5.41, 5.74) is 2.50. The Balaban J connectivity index is 2.35. The van der Waals surface area contributed by atoms with Crippen molar-refractivity contribution in [2.75, 3.05) is 5.88 Å². The van der Waals surface area contributed by atoms with Crippen LogP contribution in [0.15, 0.2) is 17.0 Å². The second kappa shape index (κ2) is 4.71. The van der Waals surface area contributed by atoms with Crippen molar-refractivity contribution >= 4 is 17.4 Å². The monoisotopic (exact) mass is 253 g/mol. The van der Waals surface area contributed by atoms with E-state index < -0.39 is 0 Å². The van der Waals surface area contributed by atoms with Gasteiger partial charge in [0.25, 0.3) is 0 Å². The number of alkyl halides is 1. The third-order valence-corrected chi connectivity index (χ3v) is 2.94. The Labute approximate surface area is 103 Å². The van der Waals surface area contributed by atoms with Crippen molar-refractivity contribution in [1.29, 1.82) is 0 Å². The normalized spacial score (nSPS) is 10.8. The van der Waals surface area contributed by atoms with Crippen LogP contribution in [0.3, 0.4) is 0 Å². The van der Waals surface area contributed by atoms with E-state index in [-0.39, 0.29) is 11.7 Å². The van der Waals surface area contributed by atoms with Gasteiger partial charge in [0.05, 0.1) is 12.4 Å². The van der Waals surface area contributed by atoms with Crippen molar-refractivity contribution in [3.8, 4) is 0 Å². The molecule has 2 rings (SSSR count). The molecule has 0 atom stereocenters. The number of carbonyl (C=O) groups excluding carboxylic acids is 1. The number of rotatable bonds is 4. The molecular formula is C11H12ClN3O2. The lowest BCUT2D eigenvalue weighted by Crippen LogP contribution is -2.07. The van der Waals surface area contributed by atoms with Gasteiger partial charge in [-0.3, -0.25) is 4.79 Å². The topological polar surface area (TPSA) is 60.9 Å². The Bertz CT molecular complexity index is 531. The summed E-state index contributed by atoms with van der Waals surface area (Å²) in [5.74, 6) is 0.503. The molecule has 0 saturated heterocycles. The van der Waals surface area contributed by atoms with E-state index >= 15 is 0 Å². The first-order valence-corrected chi connectivity index (χ1v) is 5.68. The molecule has 0 amide bonds. The Morgan fingerprint density at radius 1 is 1.53 bits per heavy atom. The Hall–Kier alpha value is -1.62. The minimum absolute atomic E-state index is 0.00744. The zero-order chi connectivity index (χ0) is 12.4. The lowest BCUT2D eigenvalue weighted by atomic mass is 10.2. The number of Topliss-reactive ketones (excluding diaryl/α,β-unsaturated/α-hetero) is 1. The van der Waals surface area contributed by atoms with Gasteiger partial charge < -0.3 is 9.09 Å². The van der Waals surface area contributed by atoms with Crippen molar-refractivity contribution in [2.45, 2.75) is 20.4 Å². The minimum Gasteiger partial charge on any atom is -0.343 e. The van der Waals surface area contributed by atoms with Crippen molar-refractivity contribution in [1.82, 2.24) is 14.7 Å². The van der Waals surface area contributed by atoms with E-state index in [9.17, 15) is 4.79 Å². The smallest absolute Gasteiger partial charge is 0.213 e. The fraction of sp³-hybridized carbons (Fsp3) is 0.364. The maximum absolute atomic E-state index is 11.6. The zero-order valence-electron chi connectivity index (χ0n) is 9.61. The SMILES string of the molecule is Cc1cc(C(=O)CCl)c(C)n1Cc1ncon1. The van der Waals surface area contributed by atoms with Crippen molar-refractivity contribution < 1.29 is 9.32 Å². The maximum atomic E-state index is 11.6. The molecule has 0 saturated carbocycles. The number of aryl methyl sites for hydroxylation is 1. The van der Waals surface area contributed by atoms with Gasteiger partial charge in [-0.05, 0) is 19.9 Å². The van der Waals surface area contributed by atoms with E-state index in [4.69, 9.17) is 11.6 Å². The first kappa shape index (κ1) is 11.9. The van der Waals surface area contributed by atoms with E-state index in [1.807, 2.05) is 24.5 Å². The van der Waals surface area contributed by atoms with Gasteiger partial charge in [-0.15, -0.1) is 11.6 Å². The van der Waals surface area contributed by atoms with Crippen molar-refractivity contribution in [2.24, 2.45) is 0 Å². The van der Waals surface area contributed by atoms with E-state index in [0.717, 1.165) is 11.4 Å². The standard InChI is InChI=1S/C11H12ClN3O2/c1-7-3-9(10(16)4-12)8(2)15(7)5-11-13-6-17-14-11/h3,6H,4-5H2,1-2H3. The van der Waals surface area contributed by atoms with E-state index in [1.54, 1.807) is 0 Å². The molecule has 2 aromatic heterocycles. The van der Waals surface area contributed by atoms with Gasteiger partial charge in [-0.1, -0.05) is 5.16 Å². The minimum atomic E-state index is -0.0703. The summed E-state index contributed by atoms with van der Waals surface area (Å²) in [4.78, 5) is 15.6. The van der Waals surface area contributed by atoms with Crippen LogP contribution >= 0.6 is 11.6 Å². The molecule has 0 radical (unpaired) electrons. The van der Waals surface area contributed by atoms with Crippen LogP contribution in [0.25, 0.3) is 0 Å². The first-order chi connectivity index (χ1) is 8.13. The highest BCUT2D eigenvalue weighted by Crippen LogP contribution is 2.17. The lowest BCUT2D eigenvalue weighted by Gasteiger charge is -2.06. The quantitative estimate of drug-likeness (QED) is 0.617. The second-order valence-corrected chi connectivity index (χ2v) is 4.04. The summed E-state index contributed by atoms with van der Waals surface area (Å²) in [6.07, 6.45) is 1.29. The zero-order valence-corrected chi connectivity index (χ0v) is 10.4. The maximum Gasteiger partial charge on any atom is 0.213 e. The number of hydrogen-bond acceptors (Lipinski definition) is 4. The summed E-state index contributed by atoms with van der Waals surface area (Å²) in [6, 6.07) is 1.83. The van der Waals surface area contributed by atoms with Crippen LogP contribution in [-0.4, -0.2) is 26.4 Å². The summed E-state index contributed by atoms with van der Waals surface area (Å²) >= 11 is 5.56. The van der Waals surface area contributed by atoms with Crippen LogP contribution in [0.5, 0.6) is 0 Å². The molecule has 0 aliphatic rings. The molecular weight excluding hydrogens is 242 g/mol. The lowest BCUT2D eigenvalue weighted by molar-refractivity contribution is 0.102. The molecule has 0 bridgehead atoms. The number of aromatic nitrogens is 3. The molecule has 0 aliphatic carbocycles. The van der Waals surface area contributed by atoms with Crippen LogP contribution in [-0.2, 0) is 6.54 Å². The molecule has 90 valence electrons. The van der Waals surface area contributed by atoms with Crippen LogP contribution in [0, 0.1) is 13.8 Å². The Kier molecular flexibility index (Phi) is 3.28. The largest absolute Gasteiger partial charge is 0.343 e. The average molecular weight is 254 g/mol. The molecule has 2 aromatic rings. The Morgan fingerprint density at radius 3 is 2.88 bits per heavy atom. The van der Waals surface area contributed by atoms with Gasteiger partial charge in [-0.2, -0.15) is 4.98 Å². The molecule has 0 N–H and O–H groups in total. The van der Waals surface area contributed by atoms with Crippen LogP contribution in [0.4, 0.5) is 0 Å². The summed E-state index contributed by atoms with van der Waals surface area (Å²) in [7, 11) is 0. The molecule has 2 heterocycles. The van der Waals surface area contributed by atoms with Gasteiger partial charge in [0.1, 0.15) is 0 Å². The van der Waals surface area contributed by atoms with Crippen molar-refractivity contribution in [3.05, 3.63) is 35.2 Å². The third-order valence-electron chi connectivity index (χ3n) is 2.70. The first-order valence-electron chi connectivity index (χ1n) is 5.14. The van der Waals surface area contributed by atoms with E-state index in [1.165, 1.54) is 6.39 Å². The number of ketones is 1. The molecule has 17 heavy (non-hydrogen) atoms. The van der Waals surface area contributed by atoms with Crippen LogP contribution in [0.2, 0.25) is 0 Å². The van der Waals surface area contributed by atoms with Crippen LogP contribution < -0.4 is 0 Å². The molecule has 0 aliphatic heterocycles. The molecule has 5 nitrogen and oxygen atoms in total. The van der Waals surface area contributed by atoms with Gasteiger partial charge in [0.15, 0.2) is 11.6 Å². The number of carbonyl (C=O) groups is 1. The number of halogens is 1. The van der Waals surface area contributed by atoms with Gasteiger partial charge >= 0.3 is 0 Å². The highest BCUT2D eigenvalue weighted by molar-refractivity contribution is 6.30. The average Bonchev–Trinajstić information content (AvgIpc) is 2.91. The second-order valence-electron chi connectivity index (χ2n) is 3.78. The summed E-state index contributed by atoms with van der Waals surface area (Å²) < 4.78 is 6.64. The predicted octanol–water partition coefficient (Wildman–Crippen LogP) is 1.96. The van der Waals surface area contributed by atoms with Gasteiger partial charge in [-0.25, -0.2) is 0 Å². The third kappa shape index (κ3) is 2.24. The Morgan fingerprint density at radius 2 is 2.29 bits per heavy atom. The molecule has 0 fully saturated rings. The van der Waals surface area contributed by atoms with Gasteiger partial charge in [0.2, 0.25) is 6.39 Å². The fourth-order valence-corrected chi connectivity index (χ4v) is 1.95. The molecule has 0 spiro atoms. The van der Waals surface area contributed by atoms with Crippen LogP contribution in [0.1, 0.15) is 27.6 Å². The van der Waals surface area contributed by atoms with Gasteiger partial charge in [0, 0.05) is 17.0 Å². The molecule has 0 unspecified atom stereocenters. The highest BCUT2D eigenvalue weighted by Gasteiger charge is 2.15. The van der Waals surface area contributed by atoms with E-state index in [0.29, 0.717) is 17.9 Å². The summed E-state index contributed by atoms with van der Waals surface area (Å²) in [5, 5.41) is 3.75.